The zero-order valence-electron chi connectivity index (χ0n) is 17.6. The van der Waals surface area contributed by atoms with Crippen LogP contribution in [0.3, 0.4) is 0 Å². The predicted molar refractivity (Wildman–Crippen MR) is 116 cm³/mol. The van der Waals surface area contributed by atoms with Crippen molar-refractivity contribution in [3.8, 4) is 5.75 Å². The van der Waals surface area contributed by atoms with Gasteiger partial charge in [0.05, 0.1) is 24.9 Å². The first-order valence-corrected chi connectivity index (χ1v) is 9.82. The molecule has 150 valence electrons. The number of aromatic nitrogens is 1. The van der Waals surface area contributed by atoms with Crippen LogP contribution in [0, 0.1) is 0 Å². The summed E-state index contributed by atoms with van der Waals surface area (Å²) in [5.74, 6) is 0.798. The van der Waals surface area contributed by atoms with Gasteiger partial charge in [-0.05, 0) is 68.4 Å². The van der Waals surface area contributed by atoms with E-state index < -0.39 is 18.3 Å². The van der Waals surface area contributed by atoms with Crippen molar-refractivity contribution < 1.29 is 14.0 Å². The summed E-state index contributed by atoms with van der Waals surface area (Å²) in [7, 11) is 1.14. The van der Waals surface area contributed by atoms with Crippen molar-refractivity contribution in [2.45, 2.75) is 45.4 Å². The lowest BCUT2D eigenvalue weighted by atomic mass is 9.76. The molecule has 0 radical (unpaired) electrons. The maximum atomic E-state index is 13.1. The standard InChI is InChI=1S/C23H26BNO4/c1-22(2)23(3,4)29-24(28-22)20-8-6-7-19-18(20)13-14-25(21(19)26)15-16-9-11-17(27-5)12-10-16/h6-14H,15H2,1-5H3. The van der Waals surface area contributed by atoms with Crippen LogP contribution in [0.2, 0.25) is 0 Å². The Labute approximate surface area is 171 Å². The third kappa shape index (κ3) is 3.47. The van der Waals surface area contributed by atoms with Gasteiger partial charge in [-0.25, -0.2) is 0 Å². The molecule has 1 aliphatic rings. The first-order valence-electron chi connectivity index (χ1n) is 9.82. The first kappa shape index (κ1) is 19.7. The SMILES string of the molecule is COc1ccc(Cn2ccc3c(B4OC(C)(C)C(C)(C)O4)cccc3c2=O)cc1. The van der Waals surface area contributed by atoms with Crippen LogP contribution in [-0.4, -0.2) is 30.0 Å². The summed E-state index contributed by atoms with van der Waals surface area (Å²) < 4.78 is 19.3. The quantitative estimate of drug-likeness (QED) is 0.640. The van der Waals surface area contributed by atoms with Crippen LogP contribution in [0.25, 0.3) is 10.8 Å². The van der Waals surface area contributed by atoms with Gasteiger partial charge in [-0.2, -0.15) is 0 Å². The lowest BCUT2D eigenvalue weighted by molar-refractivity contribution is 0.00578. The van der Waals surface area contributed by atoms with Crippen molar-refractivity contribution in [2.75, 3.05) is 7.11 Å². The molecule has 0 bridgehead atoms. The fourth-order valence-electron chi connectivity index (χ4n) is 3.57. The Kier molecular flexibility index (Phi) is 4.79. The fourth-order valence-corrected chi connectivity index (χ4v) is 3.57. The molecular weight excluding hydrogens is 365 g/mol. The molecule has 1 saturated heterocycles. The molecule has 0 amide bonds. The second-order valence-corrected chi connectivity index (χ2v) is 8.49. The normalized spacial score (nSPS) is 17.6. The minimum atomic E-state index is -0.500. The monoisotopic (exact) mass is 391 g/mol. The summed E-state index contributed by atoms with van der Waals surface area (Å²) in [5.41, 5.74) is 1.03. The maximum Gasteiger partial charge on any atom is 0.495 e. The van der Waals surface area contributed by atoms with Gasteiger partial charge >= 0.3 is 7.12 Å². The highest BCUT2D eigenvalue weighted by atomic mass is 16.7. The summed E-state index contributed by atoms with van der Waals surface area (Å²) in [6, 6.07) is 15.4. The number of methoxy groups -OCH3 is 1. The van der Waals surface area contributed by atoms with Crippen molar-refractivity contribution in [1.29, 1.82) is 0 Å². The van der Waals surface area contributed by atoms with Crippen LogP contribution >= 0.6 is 0 Å². The van der Waals surface area contributed by atoms with E-state index in [1.165, 1.54) is 0 Å². The third-order valence-corrected chi connectivity index (χ3v) is 6.07. The van der Waals surface area contributed by atoms with Crippen LogP contribution in [0.4, 0.5) is 0 Å². The maximum absolute atomic E-state index is 13.1. The highest BCUT2D eigenvalue weighted by Gasteiger charge is 2.52. The van der Waals surface area contributed by atoms with Gasteiger partial charge in [-0.3, -0.25) is 4.79 Å². The van der Waals surface area contributed by atoms with Gasteiger partial charge in [-0.1, -0.05) is 24.3 Å². The molecule has 3 aromatic rings. The van der Waals surface area contributed by atoms with E-state index in [-0.39, 0.29) is 5.56 Å². The second kappa shape index (κ2) is 7.04. The van der Waals surface area contributed by atoms with Gasteiger partial charge in [0.25, 0.3) is 5.56 Å². The lowest BCUT2D eigenvalue weighted by Gasteiger charge is -2.32. The molecule has 0 saturated carbocycles. The highest BCUT2D eigenvalue weighted by molar-refractivity contribution is 6.65. The summed E-state index contributed by atoms with van der Waals surface area (Å²) in [6.07, 6.45) is 1.84. The molecule has 29 heavy (non-hydrogen) atoms. The van der Waals surface area contributed by atoms with Gasteiger partial charge in [0.1, 0.15) is 5.75 Å². The number of hydrogen-bond acceptors (Lipinski definition) is 4. The van der Waals surface area contributed by atoms with E-state index in [9.17, 15) is 4.79 Å². The van der Waals surface area contributed by atoms with Crippen LogP contribution in [0.1, 0.15) is 33.3 Å². The molecule has 2 heterocycles. The van der Waals surface area contributed by atoms with Gasteiger partial charge < -0.3 is 18.6 Å². The number of benzene rings is 2. The zero-order valence-corrected chi connectivity index (χ0v) is 17.6. The summed E-state index contributed by atoms with van der Waals surface area (Å²) in [4.78, 5) is 13.1. The molecular formula is C23H26BNO4. The average Bonchev–Trinajstić information content (AvgIpc) is 2.91. The van der Waals surface area contributed by atoms with Gasteiger partial charge in [0.15, 0.2) is 0 Å². The van der Waals surface area contributed by atoms with Gasteiger partial charge in [0, 0.05) is 11.6 Å². The third-order valence-electron chi connectivity index (χ3n) is 6.07. The Bertz CT molecular complexity index is 1090. The van der Waals surface area contributed by atoms with E-state index in [2.05, 4.69) is 0 Å². The minimum absolute atomic E-state index is 0.0308. The molecule has 5 nitrogen and oxygen atoms in total. The van der Waals surface area contributed by atoms with E-state index in [1.807, 2.05) is 82.4 Å². The largest absolute Gasteiger partial charge is 0.497 e. The molecule has 1 fully saturated rings. The van der Waals surface area contributed by atoms with Crippen LogP contribution < -0.4 is 15.8 Å². The van der Waals surface area contributed by atoms with E-state index in [0.717, 1.165) is 22.2 Å². The molecule has 1 aliphatic heterocycles. The van der Waals surface area contributed by atoms with E-state index in [1.54, 1.807) is 11.7 Å². The topological polar surface area (TPSA) is 49.7 Å². The lowest BCUT2D eigenvalue weighted by Crippen LogP contribution is -2.41. The molecule has 1 aromatic heterocycles. The van der Waals surface area contributed by atoms with E-state index in [0.29, 0.717) is 11.9 Å². The van der Waals surface area contributed by atoms with Crippen molar-refractivity contribution in [3.05, 3.63) is 70.6 Å². The number of ether oxygens (including phenoxy) is 1. The Morgan fingerprint density at radius 1 is 0.931 bits per heavy atom. The Balaban J connectivity index is 1.70. The Morgan fingerprint density at radius 3 is 2.21 bits per heavy atom. The molecule has 6 heteroatoms. The van der Waals surface area contributed by atoms with Gasteiger partial charge in [0.2, 0.25) is 0 Å². The van der Waals surface area contributed by atoms with Crippen molar-refractivity contribution in [1.82, 2.24) is 4.57 Å². The van der Waals surface area contributed by atoms with Crippen LogP contribution in [0.5, 0.6) is 5.75 Å². The second-order valence-electron chi connectivity index (χ2n) is 8.49. The Hall–Kier alpha value is -2.57. The fraction of sp³-hybridized carbons (Fsp3) is 0.348. The van der Waals surface area contributed by atoms with Crippen LogP contribution in [0.15, 0.2) is 59.5 Å². The Morgan fingerprint density at radius 2 is 1.59 bits per heavy atom. The number of nitrogens with zero attached hydrogens (tertiary/aromatic N) is 1. The van der Waals surface area contributed by atoms with Crippen molar-refractivity contribution >= 4 is 23.4 Å². The summed E-state index contributed by atoms with van der Waals surface area (Å²) >= 11 is 0. The number of rotatable bonds is 4. The zero-order chi connectivity index (χ0) is 20.8. The summed E-state index contributed by atoms with van der Waals surface area (Å²) in [6.45, 7) is 8.61. The predicted octanol–water partition coefficient (Wildman–Crippen LogP) is 3.36. The van der Waals surface area contributed by atoms with E-state index >= 15 is 0 Å². The molecule has 0 spiro atoms. The van der Waals surface area contributed by atoms with Gasteiger partial charge in [-0.15, -0.1) is 0 Å². The molecule has 2 aromatic carbocycles. The van der Waals surface area contributed by atoms with Crippen LogP contribution in [-0.2, 0) is 15.9 Å². The van der Waals surface area contributed by atoms with Crippen molar-refractivity contribution in [3.63, 3.8) is 0 Å². The number of pyridine rings is 1. The van der Waals surface area contributed by atoms with Crippen molar-refractivity contribution in [2.24, 2.45) is 0 Å². The molecule has 0 N–H and O–H groups in total. The molecule has 0 aliphatic carbocycles. The highest BCUT2D eigenvalue weighted by Crippen LogP contribution is 2.36. The van der Waals surface area contributed by atoms with E-state index in [4.69, 9.17) is 14.0 Å². The molecule has 0 atom stereocenters. The average molecular weight is 391 g/mol. The molecule has 4 rings (SSSR count). The smallest absolute Gasteiger partial charge is 0.495 e. The summed E-state index contributed by atoms with van der Waals surface area (Å²) in [5, 5.41) is 1.52. The number of hydrogen-bond donors (Lipinski definition) is 0. The first-order chi connectivity index (χ1) is 13.7. The minimum Gasteiger partial charge on any atom is -0.497 e. The molecule has 0 unspecified atom stereocenters. The number of fused-ring (bicyclic) bond motifs is 1.